The molecule has 0 aromatic carbocycles. The van der Waals surface area contributed by atoms with Crippen molar-refractivity contribution in [2.45, 2.75) is 42.7 Å². The number of nitrogens with one attached hydrogen (secondary N) is 1. The third kappa shape index (κ3) is 3.20. The number of rotatable bonds is 5. The number of hydrogen-bond donors (Lipinski definition) is 7. The molecule has 6 atom stereocenters. The molecule has 1 unspecified atom stereocenters. The Morgan fingerprint density at radius 3 is 2.53 bits per heavy atom. The molecule has 9 nitrogen and oxygen atoms in total. The van der Waals surface area contributed by atoms with Gasteiger partial charge in [0.2, 0.25) is 0 Å². The van der Waals surface area contributed by atoms with Crippen LogP contribution in [0.15, 0.2) is 0 Å². The van der Waals surface area contributed by atoms with Gasteiger partial charge in [-0.05, 0) is 7.05 Å². The third-order valence-corrected chi connectivity index (χ3v) is 3.17. The smallest absolute Gasteiger partial charge is 0.364 e. The summed E-state index contributed by atoms with van der Waals surface area (Å²) in [7, 11) is 1.44. The summed E-state index contributed by atoms with van der Waals surface area (Å²) in [6.45, 7) is -0.779. The van der Waals surface area contributed by atoms with E-state index in [4.69, 9.17) is 14.9 Å². The number of carboxylic acid groups (broad SMARTS) is 1. The molecule has 0 radical (unpaired) electrons. The SMILES string of the molecule is CN[C@H]1C([C@H](O)[C@H](O)CO)O[C@@](O)(C(=O)O)C[C@H]1O. The predicted octanol–water partition coefficient (Wildman–Crippen LogP) is -3.79. The Morgan fingerprint density at radius 2 is 2.11 bits per heavy atom. The minimum atomic E-state index is -2.66. The summed E-state index contributed by atoms with van der Waals surface area (Å²) in [6.07, 6.45) is -6.58. The van der Waals surface area contributed by atoms with Gasteiger partial charge in [0.25, 0.3) is 5.79 Å². The third-order valence-electron chi connectivity index (χ3n) is 3.17. The van der Waals surface area contributed by atoms with E-state index in [-0.39, 0.29) is 0 Å². The highest BCUT2D eigenvalue weighted by atomic mass is 16.7. The Hall–Kier alpha value is -0.810. The predicted molar refractivity (Wildman–Crippen MR) is 60.0 cm³/mol. The molecule has 7 N–H and O–H groups in total. The molecule has 1 aliphatic heterocycles. The van der Waals surface area contributed by atoms with Crippen molar-refractivity contribution in [3.8, 4) is 0 Å². The second kappa shape index (κ2) is 6.09. The van der Waals surface area contributed by atoms with Crippen LogP contribution in [0.1, 0.15) is 6.42 Å². The minimum absolute atomic E-state index is 0.591. The first kappa shape index (κ1) is 16.2. The van der Waals surface area contributed by atoms with E-state index >= 15 is 0 Å². The maximum Gasteiger partial charge on any atom is 0.364 e. The van der Waals surface area contributed by atoms with Crippen molar-refractivity contribution in [1.82, 2.24) is 5.32 Å². The molecule has 0 bridgehead atoms. The first-order valence-electron chi connectivity index (χ1n) is 5.72. The maximum absolute atomic E-state index is 10.9. The van der Waals surface area contributed by atoms with E-state index in [0.29, 0.717) is 0 Å². The summed E-state index contributed by atoms with van der Waals surface area (Å²) in [5.74, 6) is -4.37. The van der Waals surface area contributed by atoms with E-state index in [1.807, 2.05) is 0 Å². The second-order valence-corrected chi connectivity index (χ2v) is 4.50. The van der Waals surface area contributed by atoms with Gasteiger partial charge >= 0.3 is 5.97 Å². The number of likely N-dealkylation sites (N-methyl/N-ethyl adjacent to an activating group) is 1. The number of carbonyl (C=O) groups is 1. The fourth-order valence-electron chi connectivity index (χ4n) is 2.08. The first-order valence-corrected chi connectivity index (χ1v) is 5.72. The van der Waals surface area contributed by atoms with E-state index in [2.05, 4.69) is 5.32 Å². The van der Waals surface area contributed by atoms with Crippen molar-refractivity contribution in [3.05, 3.63) is 0 Å². The largest absolute Gasteiger partial charge is 0.477 e. The van der Waals surface area contributed by atoms with Gasteiger partial charge in [-0.3, -0.25) is 0 Å². The molecule has 1 saturated heterocycles. The zero-order chi connectivity index (χ0) is 14.8. The zero-order valence-electron chi connectivity index (χ0n) is 10.3. The summed E-state index contributed by atoms with van der Waals surface area (Å²) in [5, 5.41) is 59.0. The van der Waals surface area contributed by atoms with Crippen LogP contribution in [0.3, 0.4) is 0 Å². The van der Waals surface area contributed by atoms with Crippen LogP contribution in [0.2, 0.25) is 0 Å². The summed E-state index contributed by atoms with van der Waals surface area (Å²) in [5.41, 5.74) is 0. The zero-order valence-corrected chi connectivity index (χ0v) is 10.3. The maximum atomic E-state index is 10.9. The summed E-state index contributed by atoms with van der Waals surface area (Å²) < 4.78 is 4.91. The number of aliphatic hydroxyl groups is 5. The highest BCUT2D eigenvalue weighted by Gasteiger charge is 2.53. The monoisotopic (exact) mass is 281 g/mol. The number of ether oxygens (including phenoxy) is 1. The van der Waals surface area contributed by atoms with Crippen molar-refractivity contribution in [2.75, 3.05) is 13.7 Å². The molecule has 0 saturated carbocycles. The average Bonchev–Trinajstić information content (AvgIpc) is 2.36. The molecule has 19 heavy (non-hydrogen) atoms. The van der Waals surface area contributed by atoms with Crippen molar-refractivity contribution in [3.63, 3.8) is 0 Å². The van der Waals surface area contributed by atoms with Gasteiger partial charge in [0.15, 0.2) is 0 Å². The summed E-state index contributed by atoms with van der Waals surface area (Å²) in [4.78, 5) is 10.9. The Bertz CT molecular complexity index is 327. The van der Waals surface area contributed by atoms with Crippen molar-refractivity contribution < 1.29 is 40.2 Å². The van der Waals surface area contributed by atoms with Crippen LogP contribution in [-0.4, -0.2) is 86.5 Å². The Balaban J connectivity index is 2.99. The van der Waals surface area contributed by atoms with E-state index in [1.165, 1.54) is 7.05 Å². The van der Waals surface area contributed by atoms with Gasteiger partial charge in [0.1, 0.15) is 18.3 Å². The van der Waals surface area contributed by atoms with Crippen LogP contribution in [0.4, 0.5) is 0 Å². The highest BCUT2D eigenvalue weighted by Crippen LogP contribution is 2.30. The van der Waals surface area contributed by atoms with Crippen molar-refractivity contribution in [2.24, 2.45) is 0 Å². The summed E-state index contributed by atoms with van der Waals surface area (Å²) in [6, 6.07) is -0.907. The normalized spacial score (nSPS) is 38.7. The lowest BCUT2D eigenvalue weighted by atomic mass is 9.89. The Kier molecular flexibility index (Phi) is 5.21. The molecule has 0 aromatic heterocycles. The van der Waals surface area contributed by atoms with Crippen LogP contribution in [-0.2, 0) is 9.53 Å². The molecule has 1 rings (SSSR count). The van der Waals surface area contributed by atoms with E-state index in [0.717, 1.165) is 0 Å². The van der Waals surface area contributed by atoms with Gasteiger partial charge < -0.3 is 40.7 Å². The molecule has 9 heteroatoms. The van der Waals surface area contributed by atoms with Gasteiger partial charge in [0, 0.05) is 6.42 Å². The van der Waals surface area contributed by atoms with Crippen LogP contribution in [0, 0.1) is 0 Å². The second-order valence-electron chi connectivity index (χ2n) is 4.50. The topological polar surface area (TPSA) is 160 Å². The molecule has 1 heterocycles. The van der Waals surface area contributed by atoms with Crippen LogP contribution in [0.5, 0.6) is 0 Å². The van der Waals surface area contributed by atoms with E-state index in [1.54, 1.807) is 0 Å². The van der Waals surface area contributed by atoms with Crippen LogP contribution < -0.4 is 5.32 Å². The minimum Gasteiger partial charge on any atom is -0.477 e. The molecule has 1 aliphatic rings. The molecule has 0 aromatic rings. The first-order chi connectivity index (χ1) is 8.76. The molecule has 0 amide bonds. The molecule has 0 spiro atoms. The van der Waals surface area contributed by atoms with Gasteiger partial charge in [-0.25, -0.2) is 4.79 Å². The van der Waals surface area contributed by atoms with Crippen LogP contribution >= 0.6 is 0 Å². The molecule has 112 valence electrons. The molecular weight excluding hydrogens is 262 g/mol. The van der Waals surface area contributed by atoms with E-state index in [9.17, 15) is 25.2 Å². The number of aliphatic carboxylic acids is 1. The number of hydrogen-bond acceptors (Lipinski definition) is 8. The lowest BCUT2D eigenvalue weighted by molar-refractivity contribution is -0.295. The highest BCUT2D eigenvalue weighted by molar-refractivity contribution is 5.75. The fourth-order valence-corrected chi connectivity index (χ4v) is 2.08. The molecular formula is C10H19NO8. The van der Waals surface area contributed by atoms with Gasteiger partial charge in [0.05, 0.1) is 18.8 Å². The number of carboxylic acids is 1. The average molecular weight is 281 g/mol. The lowest BCUT2D eigenvalue weighted by Crippen LogP contribution is -2.66. The van der Waals surface area contributed by atoms with Crippen LogP contribution in [0.25, 0.3) is 0 Å². The standard InChI is InChI=1S/C10H19NO8/c1-11-6-4(13)2-10(18,9(16)17)19-8(6)7(15)5(14)3-12/h4-8,11-15,18H,2-3H2,1H3,(H,16,17)/t4-,5-,6-,7-,8?,10-/m1/s1. The Morgan fingerprint density at radius 1 is 1.53 bits per heavy atom. The Labute approximate surface area is 109 Å². The van der Waals surface area contributed by atoms with Gasteiger partial charge in [-0.1, -0.05) is 0 Å². The summed E-state index contributed by atoms with van der Waals surface area (Å²) >= 11 is 0. The molecule has 0 aliphatic carbocycles. The molecule has 1 fully saturated rings. The van der Waals surface area contributed by atoms with Crippen molar-refractivity contribution >= 4 is 5.97 Å². The number of aliphatic hydroxyl groups excluding tert-OH is 4. The van der Waals surface area contributed by atoms with Gasteiger partial charge in [-0.2, -0.15) is 0 Å². The van der Waals surface area contributed by atoms with E-state index < -0.39 is 55.2 Å². The van der Waals surface area contributed by atoms with Gasteiger partial charge in [-0.15, -0.1) is 0 Å². The lowest BCUT2D eigenvalue weighted by Gasteiger charge is -2.44. The quantitative estimate of drug-likeness (QED) is 0.268. The van der Waals surface area contributed by atoms with Crippen molar-refractivity contribution in [1.29, 1.82) is 0 Å². The fraction of sp³-hybridized carbons (Fsp3) is 0.900.